The van der Waals surface area contributed by atoms with Crippen molar-refractivity contribution in [3.63, 3.8) is 0 Å². The number of hydrogen-bond acceptors (Lipinski definition) is 6. The fourth-order valence-electron chi connectivity index (χ4n) is 2.82. The highest BCUT2D eigenvalue weighted by Crippen LogP contribution is 2.21. The Morgan fingerprint density at radius 1 is 1.17 bits per heavy atom. The van der Waals surface area contributed by atoms with Crippen LogP contribution in [0, 0.1) is 0 Å². The van der Waals surface area contributed by atoms with E-state index in [1.54, 1.807) is 47.4 Å². The Balaban J connectivity index is 0.000000454. The van der Waals surface area contributed by atoms with Crippen LogP contribution < -0.4 is 10.6 Å². The average Bonchev–Trinajstić information content (AvgIpc) is 3.31. The molecule has 1 fully saturated rings. The van der Waals surface area contributed by atoms with Crippen LogP contribution >= 0.6 is 0 Å². The van der Waals surface area contributed by atoms with Gasteiger partial charge in [0.15, 0.2) is 5.69 Å². The SMILES string of the molecule is CCNC(=O)c1ccc(-n2nnc(C(=O)NC3CC3)c2C=Cc2cn[nH]c2)cc1.O=C(O)C(F)(F)F. The number of H-pyrrole nitrogens is 1. The molecule has 4 N–H and O–H groups in total. The number of aromatic nitrogens is 5. The molecule has 2 amide bonds. The molecule has 1 aromatic carbocycles. The molecule has 0 spiro atoms. The van der Waals surface area contributed by atoms with Crippen LogP contribution in [0.3, 0.4) is 0 Å². The molecule has 2 aromatic heterocycles. The maximum Gasteiger partial charge on any atom is 0.490 e. The topological polar surface area (TPSA) is 155 Å². The van der Waals surface area contributed by atoms with Crippen molar-refractivity contribution in [1.29, 1.82) is 0 Å². The molecule has 1 saturated carbocycles. The number of aromatic amines is 1. The first-order chi connectivity index (χ1) is 17.1. The first-order valence-corrected chi connectivity index (χ1v) is 10.7. The molecule has 11 nitrogen and oxygen atoms in total. The van der Waals surface area contributed by atoms with E-state index in [4.69, 9.17) is 9.90 Å². The molecular formula is C22H22F3N7O4. The van der Waals surface area contributed by atoms with Crippen molar-refractivity contribution in [3.05, 3.63) is 59.2 Å². The minimum atomic E-state index is -5.08. The van der Waals surface area contributed by atoms with Crippen molar-refractivity contribution in [2.24, 2.45) is 0 Å². The summed E-state index contributed by atoms with van der Waals surface area (Å²) >= 11 is 0. The van der Waals surface area contributed by atoms with E-state index in [9.17, 15) is 22.8 Å². The van der Waals surface area contributed by atoms with Gasteiger partial charge in [-0.25, -0.2) is 9.48 Å². The Morgan fingerprint density at radius 2 is 1.83 bits per heavy atom. The number of aliphatic carboxylic acids is 1. The van der Waals surface area contributed by atoms with Crippen LogP contribution in [0.5, 0.6) is 0 Å². The number of alkyl halides is 3. The lowest BCUT2D eigenvalue weighted by molar-refractivity contribution is -0.192. The van der Waals surface area contributed by atoms with Gasteiger partial charge in [-0.1, -0.05) is 5.21 Å². The van der Waals surface area contributed by atoms with Crippen molar-refractivity contribution in [3.8, 4) is 5.69 Å². The summed E-state index contributed by atoms with van der Waals surface area (Å²) < 4.78 is 33.3. The highest BCUT2D eigenvalue weighted by molar-refractivity contribution is 5.97. The summed E-state index contributed by atoms with van der Waals surface area (Å²) in [6.45, 7) is 2.43. The second-order valence-electron chi connectivity index (χ2n) is 7.56. The summed E-state index contributed by atoms with van der Waals surface area (Å²) in [5.41, 5.74) is 2.92. The second-order valence-corrected chi connectivity index (χ2v) is 7.56. The number of nitrogens with zero attached hydrogens (tertiary/aromatic N) is 4. The molecule has 0 bridgehead atoms. The van der Waals surface area contributed by atoms with E-state index >= 15 is 0 Å². The van der Waals surface area contributed by atoms with Gasteiger partial charge in [0.25, 0.3) is 11.8 Å². The highest BCUT2D eigenvalue weighted by Gasteiger charge is 2.38. The van der Waals surface area contributed by atoms with Crippen LogP contribution in [0.25, 0.3) is 17.8 Å². The number of carbonyl (C=O) groups is 3. The van der Waals surface area contributed by atoms with E-state index in [1.807, 2.05) is 13.0 Å². The maximum atomic E-state index is 12.6. The number of halogens is 3. The Bertz CT molecular complexity index is 1230. The van der Waals surface area contributed by atoms with Crippen LogP contribution in [0.2, 0.25) is 0 Å². The molecule has 1 aliphatic rings. The van der Waals surface area contributed by atoms with Crippen LogP contribution in [-0.4, -0.2) is 66.8 Å². The van der Waals surface area contributed by atoms with Crippen LogP contribution in [0.4, 0.5) is 13.2 Å². The molecule has 14 heteroatoms. The van der Waals surface area contributed by atoms with Crippen molar-refractivity contribution in [2.75, 3.05) is 6.54 Å². The number of hydrogen-bond donors (Lipinski definition) is 4. The Kier molecular flexibility index (Phi) is 8.19. The van der Waals surface area contributed by atoms with Crippen molar-refractivity contribution < 1.29 is 32.7 Å². The molecular weight excluding hydrogens is 483 g/mol. The van der Waals surface area contributed by atoms with E-state index in [0.717, 1.165) is 18.4 Å². The van der Waals surface area contributed by atoms with E-state index in [1.165, 1.54) is 0 Å². The lowest BCUT2D eigenvalue weighted by atomic mass is 10.2. The van der Waals surface area contributed by atoms with Crippen molar-refractivity contribution in [1.82, 2.24) is 35.8 Å². The summed E-state index contributed by atoms with van der Waals surface area (Å²) in [5.74, 6) is -3.14. The molecule has 0 atom stereocenters. The number of rotatable bonds is 7. The van der Waals surface area contributed by atoms with E-state index < -0.39 is 12.1 Å². The minimum Gasteiger partial charge on any atom is -0.475 e. The van der Waals surface area contributed by atoms with Crippen LogP contribution in [0.15, 0.2) is 36.7 Å². The van der Waals surface area contributed by atoms with Gasteiger partial charge in [-0.05, 0) is 56.2 Å². The van der Waals surface area contributed by atoms with Gasteiger partial charge in [0.1, 0.15) is 5.69 Å². The number of carbonyl (C=O) groups excluding carboxylic acids is 2. The van der Waals surface area contributed by atoms with E-state index in [2.05, 4.69) is 31.1 Å². The molecule has 1 aliphatic carbocycles. The molecule has 190 valence electrons. The first-order valence-electron chi connectivity index (χ1n) is 10.7. The van der Waals surface area contributed by atoms with Gasteiger partial charge in [0.2, 0.25) is 0 Å². The fraction of sp³-hybridized carbons (Fsp3) is 0.273. The van der Waals surface area contributed by atoms with Crippen LogP contribution in [0.1, 0.15) is 51.9 Å². The third-order valence-corrected chi connectivity index (χ3v) is 4.74. The normalized spacial score (nSPS) is 13.1. The minimum absolute atomic E-state index is 0.137. The molecule has 4 rings (SSSR count). The van der Waals surface area contributed by atoms with Crippen molar-refractivity contribution >= 4 is 29.9 Å². The summed E-state index contributed by atoms with van der Waals surface area (Å²) in [5, 5.41) is 27.8. The zero-order valence-corrected chi connectivity index (χ0v) is 18.9. The Morgan fingerprint density at radius 3 is 2.36 bits per heavy atom. The third kappa shape index (κ3) is 7.01. The lowest BCUT2D eigenvalue weighted by Gasteiger charge is -2.07. The van der Waals surface area contributed by atoms with E-state index in [-0.39, 0.29) is 23.6 Å². The van der Waals surface area contributed by atoms with Gasteiger partial charge in [-0.15, -0.1) is 5.10 Å². The molecule has 0 aliphatic heterocycles. The van der Waals surface area contributed by atoms with Gasteiger partial charge in [-0.3, -0.25) is 14.7 Å². The monoisotopic (exact) mass is 505 g/mol. The quantitative estimate of drug-likeness (QED) is 0.384. The van der Waals surface area contributed by atoms with Crippen LogP contribution in [-0.2, 0) is 4.79 Å². The fourth-order valence-corrected chi connectivity index (χ4v) is 2.82. The molecule has 0 unspecified atom stereocenters. The summed E-state index contributed by atoms with van der Waals surface area (Å²) in [4.78, 5) is 33.5. The summed E-state index contributed by atoms with van der Waals surface area (Å²) in [6.07, 6.45) is 3.92. The predicted molar refractivity (Wildman–Crippen MR) is 121 cm³/mol. The third-order valence-electron chi connectivity index (χ3n) is 4.74. The second kappa shape index (κ2) is 11.3. The number of carboxylic acids is 1. The highest BCUT2D eigenvalue weighted by atomic mass is 19.4. The molecule has 0 saturated heterocycles. The molecule has 2 heterocycles. The Hall–Kier alpha value is -4.49. The summed E-state index contributed by atoms with van der Waals surface area (Å²) in [6, 6.07) is 7.20. The standard InChI is InChI=1S/C20H21N7O2.C2HF3O2/c1-2-21-19(28)14-4-8-16(9-5-14)27-17(10-3-13-11-22-23-12-13)18(25-26-27)20(29)24-15-6-7-15;3-2(4,5)1(6)7/h3-5,8-12,15H,2,6-7H2,1H3,(H,21,28)(H,22,23)(H,24,29);(H,6,7). The van der Waals surface area contributed by atoms with Gasteiger partial charge in [0.05, 0.1) is 11.9 Å². The maximum absolute atomic E-state index is 12.6. The smallest absolute Gasteiger partial charge is 0.475 e. The lowest BCUT2D eigenvalue weighted by Crippen LogP contribution is -2.26. The number of nitrogens with one attached hydrogen (secondary N) is 3. The van der Waals surface area contributed by atoms with E-state index in [0.29, 0.717) is 23.5 Å². The number of amides is 2. The summed E-state index contributed by atoms with van der Waals surface area (Å²) in [7, 11) is 0. The zero-order chi connectivity index (χ0) is 26.3. The van der Waals surface area contributed by atoms with Gasteiger partial charge in [0, 0.05) is 29.9 Å². The molecule has 0 radical (unpaired) electrons. The average molecular weight is 505 g/mol. The number of benzene rings is 1. The number of carboxylic acid groups (broad SMARTS) is 1. The predicted octanol–water partition coefficient (Wildman–Crippen LogP) is 2.44. The van der Waals surface area contributed by atoms with Gasteiger partial charge < -0.3 is 15.7 Å². The van der Waals surface area contributed by atoms with Crippen molar-refractivity contribution in [2.45, 2.75) is 32.0 Å². The van der Waals surface area contributed by atoms with Gasteiger partial charge >= 0.3 is 12.1 Å². The molecule has 3 aromatic rings. The molecule has 36 heavy (non-hydrogen) atoms. The zero-order valence-electron chi connectivity index (χ0n) is 18.9. The van der Waals surface area contributed by atoms with Gasteiger partial charge in [-0.2, -0.15) is 18.3 Å². The first kappa shape index (κ1) is 26.1. The Labute approximate surface area is 202 Å². The largest absolute Gasteiger partial charge is 0.490 e.